The maximum atomic E-state index is 6.21. The monoisotopic (exact) mass is 383 g/mol. The molecule has 7 heteroatoms. The molecule has 0 atom stereocenters. The Morgan fingerprint density at radius 3 is 2.81 bits per heavy atom. The molecule has 0 saturated carbocycles. The zero-order valence-electron chi connectivity index (χ0n) is 13.6. The van der Waals surface area contributed by atoms with E-state index in [1.165, 1.54) is 0 Å². The van der Waals surface area contributed by atoms with Crippen molar-refractivity contribution in [2.45, 2.75) is 0 Å². The number of ether oxygens (including phenoxy) is 2. The van der Waals surface area contributed by atoms with E-state index < -0.39 is 0 Å². The van der Waals surface area contributed by atoms with Crippen molar-refractivity contribution in [3.63, 3.8) is 0 Å². The van der Waals surface area contributed by atoms with Crippen LogP contribution in [-0.4, -0.2) is 22.6 Å². The van der Waals surface area contributed by atoms with Crippen LogP contribution in [0.2, 0.25) is 5.02 Å². The first-order valence-corrected chi connectivity index (χ1v) is 9.47. The zero-order valence-corrected chi connectivity index (χ0v) is 15.2. The summed E-state index contributed by atoms with van der Waals surface area (Å²) in [6.07, 6.45) is 1.86. The Morgan fingerprint density at radius 1 is 1.08 bits per heavy atom. The van der Waals surface area contributed by atoms with E-state index >= 15 is 0 Å². The average Bonchev–Trinajstić information content (AvgIpc) is 3.30. The van der Waals surface area contributed by atoms with E-state index in [0.717, 1.165) is 39.9 Å². The second-order valence-electron chi connectivity index (χ2n) is 5.88. The number of anilines is 2. The van der Waals surface area contributed by atoms with Gasteiger partial charge in [0.15, 0.2) is 11.5 Å². The van der Waals surface area contributed by atoms with Gasteiger partial charge in [0.1, 0.15) is 30.4 Å². The zero-order chi connectivity index (χ0) is 17.5. The van der Waals surface area contributed by atoms with Gasteiger partial charge in [0, 0.05) is 28.9 Å². The highest BCUT2D eigenvalue weighted by atomic mass is 35.5. The molecule has 0 spiro atoms. The van der Waals surface area contributed by atoms with Crippen LogP contribution in [0, 0.1) is 0 Å². The van der Waals surface area contributed by atoms with Gasteiger partial charge in [-0.15, -0.1) is 0 Å². The van der Waals surface area contributed by atoms with Crippen LogP contribution in [0.1, 0.15) is 0 Å². The summed E-state index contributed by atoms with van der Waals surface area (Å²) in [6.45, 7) is 1.13. The van der Waals surface area contributed by atoms with Gasteiger partial charge >= 0.3 is 0 Å². The summed E-state index contributed by atoms with van der Waals surface area (Å²) >= 11 is 7.85. The van der Waals surface area contributed by atoms with Gasteiger partial charge < -0.3 is 14.8 Å². The molecule has 0 radical (unpaired) electrons. The molecular weight excluding hydrogens is 370 g/mol. The number of hydrogen-bond donors (Lipinski definition) is 1. The van der Waals surface area contributed by atoms with E-state index in [4.69, 9.17) is 26.1 Å². The molecule has 4 aromatic rings. The van der Waals surface area contributed by atoms with Gasteiger partial charge in [-0.2, -0.15) is 11.3 Å². The van der Waals surface area contributed by atoms with Crippen LogP contribution in [0.15, 0.2) is 53.4 Å². The van der Waals surface area contributed by atoms with E-state index in [2.05, 4.69) is 16.8 Å². The van der Waals surface area contributed by atoms with Crippen molar-refractivity contribution in [1.29, 1.82) is 0 Å². The van der Waals surface area contributed by atoms with Gasteiger partial charge in [0.2, 0.25) is 0 Å². The Bertz CT molecular complexity index is 1090. The maximum absolute atomic E-state index is 6.21. The van der Waals surface area contributed by atoms with E-state index in [9.17, 15) is 0 Å². The molecule has 0 saturated heterocycles. The van der Waals surface area contributed by atoms with Gasteiger partial charge in [-0.05, 0) is 35.7 Å². The number of halogens is 1. The van der Waals surface area contributed by atoms with Crippen LogP contribution in [0.25, 0.3) is 16.9 Å². The summed E-state index contributed by atoms with van der Waals surface area (Å²) in [5.74, 6) is 2.36. The maximum Gasteiger partial charge on any atom is 0.163 e. The summed E-state index contributed by atoms with van der Waals surface area (Å²) in [5.41, 5.74) is 3.67. The number of aromatic nitrogens is 2. The summed E-state index contributed by atoms with van der Waals surface area (Å²) in [7, 11) is 0. The summed E-state index contributed by atoms with van der Waals surface area (Å²) in [6, 6.07) is 11.6. The largest absolute Gasteiger partial charge is 0.486 e. The molecule has 26 heavy (non-hydrogen) atoms. The molecule has 4 heterocycles. The van der Waals surface area contributed by atoms with Crippen LogP contribution in [0.3, 0.4) is 0 Å². The van der Waals surface area contributed by atoms with Crippen LogP contribution in [0.5, 0.6) is 11.5 Å². The molecule has 3 aromatic heterocycles. The summed E-state index contributed by atoms with van der Waals surface area (Å²) in [5, 5.41) is 8.25. The third-order valence-electron chi connectivity index (χ3n) is 4.18. The third-order valence-corrected chi connectivity index (χ3v) is 5.09. The Labute approximate surface area is 158 Å². The predicted octanol–water partition coefficient (Wildman–Crippen LogP) is 5.23. The third kappa shape index (κ3) is 2.67. The first-order chi connectivity index (χ1) is 12.8. The molecular formula is C19H14ClN3O2S. The van der Waals surface area contributed by atoms with Crippen LogP contribution < -0.4 is 14.8 Å². The van der Waals surface area contributed by atoms with Gasteiger partial charge in [-0.1, -0.05) is 11.6 Å². The summed E-state index contributed by atoms with van der Waals surface area (Å²) < 4.78 is 13.2. The van der Waals surface area contributed by atoms with Crippen LogP contribution in [0.4, 0.5) is 11.5 Å². The molecule has 0 fully saturated rings. The molecule has 1 aliphatic heterocycles. The molecule has 0 bridgehead atoms. The van der Waals surface area contributed by atoms with Gasteiger partial charge in [0.25, 0.3) is 0 Å². The molecule has 1 N–H and O–H groups in total. The van der Waals surface area contributed by atoms with Crippen molar-refractivity contribution in [3.05, 3.63) is 58.4 Å². The lowest BCUT2D eigenvalue weighted by Gasteiger charge is -2.19. The van der Waals surface area contributed by atoms with Gasteiger partial charge in [-0.3, -0.25) is 4.40 Å². The number of benzene rings is 1. The average molecular weight is 384 g/mol. The normalized spacial score (nSPS) is 13.1. The lowest BCUT2D eigenvalue weighted by molar-refractivity contribution is 0.171. The Morgan fingerprint density at radius 2 is 1.96 bits per heavy atom. The minimum atomic E-state index is 0.557. The SMILES string of the molecule is Clc1ccc2nc(-c3ccsc3)c(Nc3ccc4c(c3)OCCO4)n2c1. The number of fused-ring (bicyclic) bond motifs is 2. The molecule has 0 aliphatic carbocycles. The summed E-state index contributed by atoms with van der Waals surface area (Å²) in [4.78, 5) is 4.77. The van der Waals surface area contributed by atoms with Crippen LogP contribution in [-0.2, 0) is 0 Å². The number of imidazole rings is 1. The number of nitrogens with zero attached hydrogens (tertiary/aromatic N) is 2. The fourth-order valence-corrected chi connectivity index (χ4v) is 3.80. The molecule has 1 aromatic carbocycles. The number of nitrogens with one attached hydrogen (secondary N) is 1. The van der Waals surface area contributed by atoms with E-state index in [1.807, 2.05) is 46.3 Å². The first kappa shape index (κ1) is 15.5. The molecule has 5 nitrogen and oxygen atoms in total. The number of pyridine rings is 1. The fourth-order valence-electron chi connectivity index (χ4n) is 3.00. The highest BCUT2D eigenvalue weighted by Gasteiger charge is 2.17. The first-order valence-electron chi connectivity index (χ1n) is 8.15. The standard InChI is InChI=1S/C19H14ClN3O2S/c20-13-1-4-17-22-18(12-5-8-26-11-12)19(23(17)10-13)21-14-2-3-15-16(9-14)25-7-6-24-15/h1-5,8-11,21H,6-7H2. The fraction of sp³-hybridized carbons (Fsp3) is 0.105. The van der Waals surface area contributed by atoms with E-state index in [0.29, 0.717) is 18.2 Å². The Kier molecular flexibility index (Phi) is 3.72. The van der Waals surface area contributed by atoms with Crippen molar-refractivity contribution in [3.8, 4) is 22.8 Å². The second-order valence-corrected chi connectivity index (χ2v) is 7.10. The second kappa shape index (κ2) is 6.23. The molecule has 5 rings (SSSR count). The van der Waals surface area contributed by atoms with Crippen molar-refractivity contribution in [2.24, 2.45) is 0 Å². The highest BCUT2D eigenvalue weighted by molar-refractivity contribution is 7.08. The lowest BCUT2D eigenvalue weighted by atomic mass is 10.2. The van der Waals surface area contributed by atoms with E-state index in [-0.39, 0.29) is 0 Å². The Balaban J connectivity index is 1.63. The molecule has 1 aliphatic rings. The van der Waals surface area contributed by atoms with Crippen molar-refractivity contribution in [2.75, 3.05) is 18.5 Å². The minimum absolute atomic E-state index is 0.557. The molecule has 0 unspecified atom stereocenters. The number of thiophene rings is 1. The predicted molar refractivity (Wildman–Crippen MR) is 104 cm³/mol. The topological polar surface area (TPSA) is 47.8 Å². The van der Waals surface area contributed by atoms with Crippen molar-refractivity contribution >= 4 is 40.1 Å². The Hall–Kier alpha value is -2.70. The highest BCUT2D eigenvalue weighted by Crippen LogP contribution is 2.36. The van der Waals surface area contributed by atoms with Gasteiger partial charge in [0.05, 0.1) is 5.02 Å². The van der Waals surface area contributed by atoms with Gasteiger partial charge in [-0.25, -0.2) is 4.98 Å². The lowest BCUT2D eigenvalue weighted by Crippen LogP contribution is -2.15. The number of hydrogen-bond acceptors (Lipinski definition) is 5. The minimum Gasteiger partial charge on any atom is -0.486 e. The van der Waals surface area contributed by atoms with E-state index in [1.54, 1.807) is 11.3 Å². The molecule has 130 valence electrons. The van der Waals surface area contributed by atoms with Crippen molar-refractivity contribution in [1.82, 2.24) is 9.38 Å². The quantitative estimate of drug-likeness (QED) is 0.526. The van der Waals surface area contributed by atoms with Crippen molar-refractivity contribution < 1.29 is 9.47 Å². The smallest absolute Gasteiger partial charge is 0.163 e. The molecule has 0 amide bonds. The van der Waals surface area contributed by atoms with Crippen LogP contribution >= 0.6 is 22.9 Å². The number of rotatable bonds is 3.